The molecule has 1 nitrogen and oxygen atoms in total. The normalized spacial score (nSPS) is 10.4. The number of hydrogen-bond donors (Lipinski definition) is 1. The molecule has 0 radical (unpaired) electrons. The molecule has 2 rings (SSSR count). The monoisotopic (exact) mass is 247 g/mol. The van der Waals surface area contributed by atoms with Crippen molar-refractivity contribution in [3.05, 3.63) is 65.2 Å². The molecule has 0 aromatic heterocycles. The van der Waals surface area contributed by atoms with Crippen LogP contribution in [0.1, 0.15) is 11.1 Å². The maximum Gasteiger partial charge on any atom is 0.162 e. The molecule has 2 aromatic carbocycles. The second-order valence-corrected chi connectivity index (χ2v) is 4.26. The van der Waals surface area contributed by atoms with E-state index in [1.165, 1.54) is 6.07 Å². The molecule has 0 atom stereocenters. The first-order valence-electron chi connectivity index (χ1n) is 5.90. The van der Waals surface area contributed by atoms with Crippen LogP contribution in [0.15, 0.2) is 42.5 Å². The van der Waals surface area contributed by atoms with Crippen molar-refractivity contribution in [2.75, 3.05) is 11.9 Å². The minimum absolute atomic E-state index is 0.398. The van der Waals surface area contributed by atoms with Crippen LogP contribution >= 0.6 is 0 Å². The van der Waals surface area contributed by atoms with Crippen LogP contribution in [-0.2, 0) is 6.42 Å². The molecule has 0 saturated heterocycles. The fourth-order valence-electron chi connectivity index (χ4n) is 1.84. The molecule has 2 aromatic rings. The van der Waals surface area contributed by atoms with E-state index in [0.717, 1.165) is 17.3 Å². The number of anilines is 1. The third-order valence-corrected chi connectivity index (χ3v) is 2.77. The summed E-state index contributed by atoms with van der Waals surface area (Å²) in [6.07, 6.45) is 0.456. The molecule has 1 N–H and O–H groups in total. The summed E-state index contributed by atoms with van der Waals surface area (Å²) >= 11 is 0. The SMILES string of the molecule is Cc1cccc(NCCc2cccc(F)c2F)c1. The summed E-state index contributed by atoms with van der Waals surface area (Å²) in [6.45, 7) is 2.58. The van der Waals surface area contributed by atoms with Gasteiger partial charge < -0.3 is 5.32 Å². The van der Waals surface area contributed by atoms with Gasteiger partial charge in [0.25, 0.3) is 0 Å². The molecule has 18 heavy (non-hydrogen) atoms. The summed E-state index contributed by atoms with van der Waals surface area (Å²) in [7, 11) is 0. The summed E-state index contributed by atoms with van der Waals surface area (Å²) in [5, 5.41) is 3.19. The Kier molecular flexibility index (Phi) is 3.92. The molecule has 0 amide bonds. The second kappa shape index (κ2) is 5.63. The number of aryl methyl sites for hydroxylation is 1. The Balaban J connectivity index is 1.94. The van der Waals surface area contributed by atoms with Gasteiger partial charge in [0.2, 0.25) is 0 Å². The fraction of sp³-hybridized carbons (Fsp3) is 0.200. The van der Waals surface area contributed by atoms with E-state index in [2.05, 4.69) is 5.32 Å². The van der Waals surface area contributed by atoms with Crippen molar-refractivity contribution in [3.8, 4) is 0 Å². The summed E-state index contributed by atoms with van der Waals surface area (Å²) in [6, 6.07) is 12.2. The van der Waals surface area contributed by atoms with Crippen LogP contribution in [0.5, 0.6) is 0 Å². The Labute approximate surface area is 105 Å². The van der Waals surface area contributed by atoms with E-state index >= 15 is 0 Å². The van der Waals surface area contributed by atoms with Crippen LogP contribution < -0.4 is 5.32 Å². The summed E-state index contributed by atoms with van der Waals surface area (Å²) in [5.74, 6) is -1.54. The topological polar surface area (TPSA) is 12.0 Å². The standard InChI is InChI=1S/C15H15F2N/c1-11-4-2-6-13(10-11)18-9-8-12-5-3-7-14(16)15(12)17/h2-7,10,18H,8-9H2,1H3. The molecule has 0 aliphatic carbocycles. The minimum atomic E-state index is -0.789. The maximum absolute atomic E-state index is 13.4. The zero-order valence-corrected chi connectivity index (χ0v) is 10.2. The molecular formula is C15H15F2N. The number of halogens is 2. The van der Waals surface area contributed by atoms with Gasteiger partial charge in [0.1, 0.15) is 0 Å². The molecule has 0 heterocycles. The molecule has 0 saturated carbocycles. The van der Waals surface area contributed by atoms with Crippen molar-refractivity contribution >= 4 is 5.69 Å². The quantitative estimate of drug-likeness (QED) is 0.863. The van der Waals surface area contributed by atoms with Crippen molar-refractivity contribution < 1.29 is 8.78 Å². The highest BCUT2D eigenvalue weighted by atomic mass is 19.2. The van der Waals surface area contributed by atoms with Gasteiger partial charge in [0.15, 0.2) is 11.6 Å². The Morgan fingerprint density at radius 3 is 2.61 bits per heavy atom. The smallest absolute Gasteiger partial charge is 0.162 e. The van der Waals surface area contributed by atoms with E-state index < -0.39 is 11.6 Å². The maximum atomic E-state index is 13.4. The van der Waals surface area contributed by atoms with Gasteiger partial charge in [-0.25, -0.2) is 8.78 Å². The minimum Gasteiger partial charge on any atom is -0.385 e. The van der Waals surface area contributed by atoms with E-state index in [1.54, 1.807) is 6.07 Å². The van der Waals surface area contributed by atoms with Crippen molar-refractivity contribution in [2.24, 2.45) is 0 Å². The van der Waals surface area contributed by atoms with E-state index in [-0.39, 0.29) is 0 Å². The van der Waals surface area contributed by atoms with Gasteiger partial charge in [-0.3, -0.25) is 0 Å². The average molecular weight is 247 g/mol. The first-order chi connectivity index (χ1) is 8.66. The molecule has 0 aliphatic heterocycles. The molecule has 3 heteroatoms. The van der Waals surface area contributed by atoms with Crippen LogP contribution in [0.3, 0.4) is 0 Å². The Morgan fingerprint density at radius 2 is 1.83 bits per heavy atom. The van der Waals surface area contributed by atoms with Crippen molar-refractivity contribution in [1.82, 2.24) is 0 Å². The van der Waals surface area contributed by atoms with E-state index in [4.69, 9.17) is 0 Å². The Morgan fingerprint density at radius 1 is 1.06 bits per heavy atom. The predicted molar refractivity (Wildman–Crippen MR) is 69.7 cm³/mol. The van der Waals surface area contributed by atoms with Crippen LogP contribution in [0, 0.1) is 18.6 Å². The Bertz CT molecular complexity index is 538. The number of hydrogen-bond acceptors (Lipinski definition) is 1. The molecule has 0 bridgehead atoms. The summed E-state index contributed by atoms with van der Waals surface area (Å²) < 4.78 is 26.4. The first-order valence-corrected chi connectivity index (χ1v) is 5.90. The third-order valence-electron chi connectivity index (χ3n) is 2.77. The van der Waals surface area contributed by atoms with Gasteiger partial charge in [-0.2, -0.15) is 0 Å². The molecule has 0 spiro atoms. The highest BCUT2D eigenvalue weighted by Crippen LogP contribution is 2.13. The summed E-state index contributed by atoms with van der Waals surface area (Å²) in [5.41, 5.74) is 2.55. The van der Waals surface area contributed by atoms with Crippen molar-refractivity contribution in [3.63, 3.8) is 0 Å². The molecule has 0 unspecified atom stereocenters. The number of benzene rings is 2. The average Bonchev–Trinajstić information content (AvgIpc) is 2.35. The highest BCUT2D eigenvalue weighted by Gasteiger charge is 2.06. The largest absolute Gasteiger partial charge is 0.385 e. The van der Waals surface area contributed by atoms with E-state index in [9.17, 15) is 8.78 Å². The predicted octanol–water partition coefficient (Wildman–Crippen LogP) is 3.93. The second-order valence-electron chi connectivity index (χ2n) is 4.26. The van der Waals surface area contributed by atoms with Gasteiger partial charge in [-0.05, 0) is 42.7 Å². The molecule has 0 fully saturated rings. The van der Waals surface area contributed by atoms with Gasteiger partial charge in [-0.15, -0.1) is 0 Å². The Hall–Kier alpha value is -1.90. The molecular weight excluding hydrogens is 232 g/mol. The lowest BCUT2D eigenvalue weighted by Crippen LogP contribution is -2.06. The van der Waals surface area contributed by atoms with Crippen LogP contribution in [0.4, 0.5) is 14.5 Å². The third kappa shape index (κ3) is 3.06. The lowest BCUT2D eigenvalue weighted by molar-refractivity contribution is 0.499. The zero-order chi connectivity index (χ0) is 13.0. The van der Waals surface area contributed by atoms with Gasteiger partial charge in [0.05, 0.1) is 0 Å². The number of rotatable bonds is 4. The van der Waals surface area contributed by atoms with Crippen LogP contribution in [-0.4, -0.2) is 6.54 Å². The van der Waals surface area contributed by atoms with Crippen LogP contribution in [0.25, 0.3) is 0 Å². The highest BCUT2D eigenvalue weighted by molar-refractivity contribution is 5.45. The van der Waals surface area contributed by atoms with Gasteiger partial charge in [0, 0.05) is 12.2 Å². The van der Waals surface area contributed by atoms with Crippen LogP contribution in [0.2, 0.25) is 0 Å². The lowest BCUT2D eigenvalue weighted by atomic mass is 10.1. The van der Waals surface area contributed by atoms with Crippen molar-refractivity contribution in [2.45, 2.75) is 13.3 Å². The lowest BCUT2D eigenvalue weighted by Gasteiger charge is -2.08. The van der Waals surface area contributed by atoms with Crippen molar-refractivity contribution in [1.29, 1.82) is 0 Å². The zero-order valence-electron chi connectivity index (χ0n) is 10.2. The van der Waals surface area contributed by atoms with Gasteiger partial charge in [-0.1, -0.05) is 24.3 Å². The summed E-state index contributed by atoms with van der Waals surface area (Å²) in [4.78, 5) is 0. The molecule has 0 aliphatic rings. The van der Waals surface area contributed by atoms with E-state index in [1.807, 2.05) is 31.2 Å². The fourth-order valence-corrected chi connectivity index (χ4v) is 1.84. The molecule has 94 valence electrons. The first kappa shape index (κ1) is 12.6. The van der Waals surface area contributed by atoms with Gasteiger partial charge >= 0.3 is 0 Å². The number of nitrogens with one attached hydrogen (secondary N) is 1. The van der Waals surface area contributed by atoms with E-state index in [0.29, 0.717) is 18.5 Å².